The van der Waals surface area contributed by atoms with Gasteiger partial charge in [-0.3, -0.25) is 4.99 Å². The van der Waals surface area contributed by atoms with Gasteiger partial charge in [-0.2, -0.15) is 0 Å². The van der Waals surface area contributed by atoms with Crippen molar-refractivity contribution in [2.75, 3.05) is 46.9 Å². The molecule has 1 saturated heterocycles. The number of hydrogen-bond acceptors (Lipinski definition) is 3. The minimum absolute atomic E-state index is 0.212. The predicted octanol–water partition coefficient (Wildman–Crippen LogP) is 1.31. The highest BCUT2D eigenvalue weighted by Crippen LogP contribution is 2.14. The van der Waals surface area contributed by atoms with Gasteiger partial charge in [-0.1, -0.05) is 0 Å². The third-order valence-corrected chi connectivity index (χ3v) is 3.91. The monoisotopic (exact) mass is 284 g/mol. The fourth-order valence-electron chi connectivity index (χ4n) is 2.18. The highest BCUT2D eigenvalue weighted by atomic mass is 16.5. The number of aliphatic imine (C=N–C) groups is 1. The van der Waals surface area contributed by atoms with Gasteiger partial charge in [0.05, 0.1) is 12.1 Å². The average molecular weight is 284 g/mol. The molecule has 118 valence electrons. The van der Waals surface area contributed by atoms with Crippen molar-refractivity contribution in [1.29, 1.82) is 0 Å². The zero-order valence-corrected chi connectivity index (χ0v) is 13.8. The SMILES string of the molecule is CCNC(=NCC(C)(C)OC)NCC1CCN(C)CC1. The van der Waals surface area contributed by atoms with Crippen molar-refractivity contribution in [3.8, 4) is 0 Å². The lowest BCUT2D eigenvalue weighted by Gasteiger charge is -2.29. The molecule has 0 spiro atoms. The highest BCUT2D eigenvalue weighted by molar-refractivity contribution is 5.79. The Bertz CT molecular complexity index is 296. The molecule has 0 amide bonds. The van der Waals surface area contributed by atoms with Gasteiger partial charge in [0, 0.05) is 20.2 Å². The van der Waals surface area contributed by atoms with Crippen LogP contribution in [-0.4, -0.2) is 63.3 Å². The second kappa shape index (κ2) is 8.47. The van der Waals surface area contributed by atoms with E-state index in [4.69, 9.17) is 4.74 Å². The molecule has 0 aromatic heterocycles. The molecular formula is C15H32N4O. The summed E-state index contributed by atoms with van der Waals surface area (Å²) in [5.74, 6) is 1.65. The Morgan fingerprint density at radius 2 is 1.95 bits per heavy atom. The summed E-state index contributed by atoms with van der Waals surface area (Å²) in [6.07, 6.45) is 2.54. The van der Waals surface area contributed by atoms with Crippen LogP contribution in [0.3, 0.4) is 0 Å². The molecule has 0 atom stereocenters. The smallest absolute Gasteiger partial charge is 0.191 e. The molecule has 20 heavy (non-hydrogen) atoms. The quantitative estimate of drug-likeness (QED) is 0.570. The molecule has 0 unspecified atom stereocenters. The summed E-state index contributed by atoms with van der Waals surface area (Å²) in [4.78, 5) is 7.01. The van der Waals surface area contributed by atoms with E-state index >= 15 is 0 Å². The van der Waals surface area contributed by atoms with Crippen LogP contribution < -0.4 is 10.6 Å². The van der Waals surface area contributed by atoms with Crippen LogP contribution in [0.5, 0.6) is 0 Å². The number of hydrogen-bond donors (Lipinski definition) is 2. The maximum atomic E-state index is 5.40. The minimum Gasteiger partial charge on any atom is -0.377 e. The van der Waals surface area contributed by atoms with Gasteiger partial charge in [0.15, 0.2) is 5.96 Å². The minimum atomic E-state index is -0.212. The van der Waals surface area contributed by atoms with Crippen molar-refractivity contribution in [2.45, 2.75) is 39.2 Å². The molecule has 0 aromatic carbocycles. The summed E-state index contributed by atoms with van der Waals surface area (Å²) >= 11 is 0. The van der Waals surface area contributed by atoms with E-state index < -0.39 is 0 Å². The third kappa shape index (κ3) is 6.57. The van der Waals surface area contributed by atoms with Crippen LogP contribution in [0.1, 0.15) is 33.6 Å². The molecule has 5 nitrogen and oxygen atoms in total. The van der Waals surface area contributed by atoms with E-state index in [1.807, 2.05) is 0 Å². The first-order valence-corrected chi connectivity index (χ1v) is 7.72. The standard InChI is InChI=1S/C15H32N4O/c1-6-16-14(18-12-15(2,3)20-5)17-11-13-7-9-19(4)10-8-13/h13H,6-12H2,1-5H3,(H2,16,17,18). The summed E-state index contributed by atoms with van der Waals surface area (Å²) in [5, 5.41) is 6.77. The van der Waals surface area contributed by atoms with Crippen molar-refractivity contribution in [2.24, 2.45) is 10.9 Å². The Labute approximate surface area is 124 Å². The van der Waals surface area contributed by atoms with Crippen LogP contribution in [0.25, 0.3) is 0 Å². The number of likely N-dealkylation sites (tertiary alicyclic amines) is 1. The van der Waals surface area contributed by atoms with Crippen LogP contribution in [0, 0.1) is 5.92 Å². The first-order valence-electron chi connectivity index (χ1n) is 7.72. The number of guanidine groups is 1. The molecule has 1 heterocycles. The van der Waals surface area contributed by atoms with Gasteiger partial charge in [-0.05, 0) is 59.7 Å². The fourth-order valence-corrected chi connectivity index (χ4v) is 2.18. The zero-order chi connectivity index (χ0) is 15.0. The van der Waals surface area contributed by atoms with E-state index in [1.165, 1.54) is 25.9 Å². The van der Waals surface area contributed by atoms with E-state index in [2.05, 4.69) is 48.3 Å². The number of nitrogens with one attached hydrogen (secondary N) is 2. The Balaban J connectivity index is 2.40. The lowest BCUT2D eigenvalue weighted by atomic mass is 9.97. The highest BCUT2D eigenvalue weighted by Gasteiger charge is 2.18. The van der Waals surface area contributed by atoms with Gasteiger partial charge in [-0.25, -0.2) is 0 Å². The second-order valence-electron chi connectivity index (χ2n) is 6.29. The van der Waals surface area contributed by atoms with Gasteiger partial charge >= 0.3 is 0 Å². The predicted molar refractivity (Wildman–Crippen MR) is 85.3 cm³/mol. The summed E-state index contributed by atoms with van der Waals surface area (Å²) in [6, 6.07) is 0. The summed E-state index contributed by atoms with van der Waals surface area (Å²) in [6.45, 7) is 11.2. The lowest BCUT2D eigenvalue weighted by molar-refractivity contribution is 0.0310. The molecule has 0 saturated carbocycles. The molecule has 0 aliphatic carbocycles. The van der Waals surface area contributed by atoms with Crippen LogP contribution in [-0.2, 0) is 4.74 Å². The molecule has 5 heteroatoms. The maximum absolute atomic E-state index is 5.40. The zero-order valence-electron chi connectivity index (χ0n) is 13.8. The Kier molecular flexibility index (Phi) is 7.30. The Morgan fingerprint density at radius 1 is 1.30 bits per heavy atom. The lowest BCUT2D eigenvalue weighted by Crippen LogP contribution is -2.43. The summed E-state index contributed by atoms with van der Waals surface area (Å²) in [5.41, 5.74) is -0.212. The van der Waals surface area contributed by atoms with Crippen molar-refractivity contribution >= 4 is 5.96 Å². The fraction of sp³-hybridized carbons (Fsp3) is 0.933. The van der Waals surface area contributed by atoms with Crippen LogP contribution in [0.15, 0.2) is 4.99 Å². The van der Waals surface area contributed by atoms with Crippen LogP contribution >= 0.6 is 0 Å². The summed E-state index contributed by atoms with van der Waals surface area (Å²) < 4.78 is 5.40. The molecule has 0 aromatic rings. The number of ether oxygens (including phenoxy) is 1. The summed E-state index contributed by atoms with van der Waals surface area (Å²) in [7, 11) is 3.93. The number of nitrogens with zero attached hydrogens (tertiary/aromatic N) is 2. The first-order chi connectivity index (χ1) is 9.46. The Hall–Kier alpha value is -0.810. The molecule has 1 fully saturated rings. The van der Waals surface area contributed by atoms with Gasteiger partial charge in [0.1, 0.15) is 0 Å². The average Bonchev–Trinajstić information content (AvgIpc) is 2.44. The van der Waals surface area contributed by atoms with E-state index in [9.17, 15) is 0 Å². The maximum Gasteiger partial charge on any atom is 0.191 e. The van der Waals surface area contributed by atoms with Crippen molar-refractivity contribution in [3.63, 3.8) is 0 Å². The second-order valence-corrected chi connectivity index (χ2v) is 6.29. The van der Waals surface area contributed by atoms with E-state index in [0.29, 0.717) is 6.54 Å². The topological polar surface area (TPSA) is 48.9 Å². The molecular weight excluding hydrogens is 252 g/mol. The largest absolute Gasteiger partial charge is 0.377 e. The molecule has 1 aliphatic heterocycles. The molecule has 0 radical (unpaired) electrons. The van der Waals surface area contributed by atoms with Crippen LogP contribution in [0.4, 0.5) is 0 Å². The number of piperidine rings is 1. The molecule has 1 aliphatic rings. The van der Waals surface area contributed by atoms with Crippen molar-refractivity contribution in [1.82, 2.24) is 15.5 Å². The first kappa shape index (κ1) is 17.2. The van der Waals surface area contributed by atoms with Gasteiger partial charge in [-0.15, -0.1) is 0 Å². The van der Waals surface area contributed by atoms with E-state index in [0.717, 1.165) is 25.0 Å². The van der Waals surface area contributed by atoms with E-state index in [1.54, 1.807) is 7.11 Å². The number of methoxy groups -OCH3 is 1. The van der Waals surface area contributed by atoms with Gasteiger partial charge < -0.3 is 20.3 Å². The van der Waals surface area contributed by atoms with Gasteiger partial charge in [0.2, 0.25) is 0 Å². The third-order valence-electron chi connectivity index (χ3n) is 3.91. The van der Waals surface area contributed by atoms with E-state index in [-0.39, 0.29) is 5.60 Å². The number of rotatable bonds is 6. The normalized spacial score (nSPS) is 19.1. The molecule has 0 bridgehead atoms. The molecule has 1 rings (SSSR count). The van der Waals surface area contributed by atoms with Crippen molar-refractivity contribution < 1.29 is 4.74 Å². The van der Waals surface area contributed by atoms with Crippen molar-refractivity contribution in [3.05, 3.63) is 0 Å². The Morgan fingerprint density at radius 3 is 2.50 bits per heavy atom. The van der Waals surface area contributed by atoms with Gasteiger partial charge in [0.25, 0.3) is 0 Å². The molecule has 2 N–H and O–H groups in total. The van der Waals surface area contributed by atoms with Crippen LogP contribution in [0.2, 0.25) is 0 Å².